The van der Waals surface area contributed by atoms with Crippen LogP contribution in [0.15, 0.2) is 88.8 Å². The number of benzene rings is 3. The fourth-order valence-corrected chi connectivity index (χ4v) is 2.04. The zero-order chi connectivity index (χ0) is 18.8. The molecule has 3 aromatic rings. The minimum atomic E-state index is -0.421. The van der Waals surface area contributed by atoms with Gasteiger partial charge < -0.3 is 10.2 Å². The zero-order valence-electron chi connectivity index (χ0n) is 15.1. The number of rotatable bonds is 3. The number of para-hydroxylation sites is 3. The third-order valence-corrected chi connectivity index (χ3v) is 3.39. The van der Waals surface area contributed by atoms with E-state index in [1.165, 1.54) is 6.07 Å². The van der Waals surface area contributed by atoms with Gasteiger partial charge in [-0.1, -0.05) is 60.2 Å². The normalized spacial score (nSPS) is 10.7. The molecule has 0 aliphatic carbocycles. The molecule has 0 amide bonds. The topological polar surface area (TPSA) is 70.8 Å². The molecule has 0 saturated heterocycles. The molecule has 27 heavy (non-hydrogen) atoms. The molecule has 140 valence electrons. The predicted molar refractivity (Wildman–Crippen MR) is 104 cm³/mol. The summed E-state index contributed by atoms with van der Waals surface area (Å²) in [5.74, 6) is -0.812. The minimum absolute atomic E-state index is 0. The number of hydrogen-bond donors (Lipinski definition) is 0. The molecular formula is C22H20N2NiO2. The monoisotopic (exact) mass is 402 g/mol. The van der Waals surface area contributed by atoms with Crippen LogP contribution in [0.5, 0.6) is 11.5 Å². The molecule has 0 unspecified atom stereocenters. The Bertz CT molecular complexity index is 859. The van der Waals surface area contributed by atoms with E-state index in [-0.39, 0.29) is 16.5 Å². The fraction of sp³-hybridized carbons (Fsp3) is 0.0909. The summed E-state index contributed by atoms with van der Waals surface area (Å²) in [6.45, 7) is 3.57. The van der Waals surface area contributed by atoms with E-state index < -0.39 is 11.5 Å². The van der Waals surface area contributed by atoms with Crippen molar-refractivity contribution in [3.05, 3.63) is 84.4 Å². The van der Waals surface area contributed by atoms with E-state index in [0.29, 0.717) is 5.56 Å². The van der Waals surface area contributed by atoms with Crippen LogP contribution in [0.3, 0.4) is 0 Å². The third-order valence-electron chi connectivity index (χ3n) is 3.39. The maximum Gasteiger partial charge on any atom is 2.00 e. The molecule has 0 atom stereocenters. The Morgan fingerprint density at radius 3 is 1.85 bits per heavy atom. The molecule has 0 aliphatic rings. The Kier molecular flexibility index (Phi) is 9.56. The number of aryl methyl sites for hydroxylation is 1. The summed E-state index contributed by atoms with van der Waals surface area (Å²) in [5, 5.41) is 21.2. The third kappa shape index (κ3) is 7.89. The van der Waals surface area contributed by atoms with Gasteiger partial charge in [0.25, 0.3) is 0 Å². The van der Waals surface area contributed by atoms with Crippen molar-refractivity contribution >= 4 is 23.3 Å². The first-order valence-corrected chi connectivity index (χ1v) is 8.19. The van der Waals surface area contributed by atoms with Crippen LogP contribution in [0, 0.1) is 6.92 Å². The van der Waals surface area contributed by atoms with Crippen molar-refractivity contribution in [2.75, 3.05) is 0 Å². The zero-order valence-corrected chi connectivity index (χ0v) is 16.1. The van der Waals surface area contributed by atoms with Gasteiger partial charge in [-0.3, -0.25) is 9.98 Å². The van der Waals surface area contributed by atoms with Crippen LogP contribution in [0.4, 0.5) is 11.4 Å². The molecule has 0 bridgehead atoms. The van der Waals surface area contributed by atoms with Crippen LogP contribution in [-0.4, -0.2) is 11.9 Å². The van der Waals surface area contributed by atoms with Crippen molar-refractivity contribution in [1.82, 2.24) is 0 Å². The van der Waals surface area contributed by atoms with Crippen LogP contribution in [-0.2, 0) is 16.5 Å². The molecule has 0 aromatic heterocycles. The molecule has 0 saturated carbocycles. The van der Waals surface area contributed by atoms with Gasteiger partial charge in [-0.2, -0.15) is 0 Å². The van der Waals surface area contributed by atoms with Crippen LogP contribution in [0.2, 0.25) is 0 Å². The van der Waals surface area contributed by atoms with Gasteiger partial charge in [-0.15, -0.1) is 11.5 Å². The molecule has 0 heterocycles. The van der Waals surface area contributed by atoms with Crippen molar-refractivity contribution < 1.29 is 26.7 Å². The summed E-state index contributed by atoms with van der Waals surface area (Å²) in [6, 6.07) is 24.2. The van der Waals surface area contributed by atoms with E-state index in [2.05, 4.69) is 9.98 Å². The number of hydrogen-bond acceptors (Lipinski definition) is 4. The first-order chi connectivity index (χ1) is 12.6. The second kappa shape index (κ2) is 11.7. The van der Waals surface area contributed by atoms with Gasteiger partial charge in [-0.25, -0.2) is 0 Å². The van der Waals surface area contributed by atoms with Gasteiger partial charge in [0.2, 0.25) is 0 Å². The first-order valence-electron chi connectivity index (χ1n) is 8.19. The summed E-state index contributed by atoms with van der Waals surface area (Å²) in [4.78, 5) is 8.79. The van der Waals surface area contributed by atoms with Gasteiger partial charge in [0.1, 0.15) is 0 Å². The maximum absolute atomic E-state index is 10.7. The molecule has 0 fully saturated rings. The summed E-state index contributed by atoms with van der Waals surface area (Å²) < 4.78 is 0. The van der Waals surface area contributed by atoms with Gasteiger partial charge >= 0.3 is 16.5 Å². The molecule has 3 aromatic carbocycles. The van der Waals surface area contributed by atoms with E-state index in [0.717, 1.165) is 17.1 Å². The molecule has 3 rings (SSSR count). The van der Waals surface area contributed by atoms with Crippen molar-refractivity contribution in [2.45, 2.75) is 13.8 Å². The second-order valence-electron chi connectivity index (χ2n) is 5.58. The van der Waals surface area contributed by atoms with Crippen molar-refractivity contribution in [3.8, 4) is 11.5 Å². The van der Waals surface area contributed by atoms with Crippen LogP contribution in [0.1, 0.15) is 12.5 Å². The molecule has 4 nitrogen and oxygen atoms in total. The van der Waals surface area contributed by atoms with Crippen LogP contribution >= 0.6 is 0 Å². The second-order valence-corrected chi connectivity index (χ2v) is 5.58. The van der Waals surface area contributed by atoms with E-state index >= 15 is 0 Å². The Morgan fingerprint density at radius 2 is 1.33 bits per heavy atom. The van der Waals surface area contributed by atoms with Crippen LogP contribution < -0.4 is 10.2 Å². The Labute approximate surface area is 169 Å². The quantitative estimate of drug-likeness (QED) is 0.483. The van der Waals surface area contributed by atoms with Crippen LogP contribution in [0.25, 0.3) is 0 Å². The summed E-state index contributed by atoms with van der Waals surface area (Å²) in [7, 11) is 0. The first kappa shape index (κ1) is 22.1. The van der Waals surface area contributed by atoms with Crippen molar-refractivity contribution in [3.63, 3.8) is 0 Å². The largest absolute Gasteiger partial charge is 2.00 e. The molecule has 0 radical (unpaired) electrons. The minimum Gasteiger partial charge on any atom is -0.873 e. The standard InChI is InChI=1S/C15H14N2.C7H8O2.Ni/c1-13(17-15-10-6-3-7-11-15)12-16-14-8-4-2-5-9-14;1-5-3-2-4-6(8)7(5)9;/h2-12H,1H3;2-4,8-9H,1H3;/q;;+2/p-2. The predicted octanol–water partition coefficient (Wildman–Crippen LogP) is 4.32. The average molecular weight is 403 g/mol. The average Bonchev–Trinajstić information content (AvgIpc) is 2.67. The molecule has 0 spiro atoms. The fourth-order valence-electron chi connectivity index (χ4n) is 2.04. The maximum atomic E-state index is 10.7. The van der Waals surface area contributed by atoms with E-state index in [1.54, 1.807) is 25.3 Å². The van der Waals surface area contributed by atoms with Gasteiger partial charge in [0.05, 0.1) is 17.1 Å². The Hall–Kier alpha value is -2.91. The number of aliphatic imine (C=N–C) groups is 2. The molecular weight excluding hydrogens is 383 g/mol. The smallest absolute Gasteiger partial charge is 0.873 e. The Morgan fingerprint density at radius 1 is 0.778 bits per heavy atom. The molecule has 0 N–H and O–H groups in total. The van der Waals surface area contributed by atoms with Gasteiger partial charge in [-0.05, 0) is 38.1 Å². The molecule has 5 heteroatoms. The summed E-state index contributed by atoms with van der Waals surface area (Å²) >= 11 is 0. The van der Waals surface area contributed by atoms with E-state index in [1.807, 2.05) is 67.6 Å². The number of nitrogens with zero attached hydrogens (tertiary/aromatic N) is 2. The van der Waals surface area contributed by atoms with E-state index in [9.17, 15) is 10.2 Å². The van der Waals surface area contributed by atoms with Gasteiger partial charge in [0.15, 0.2) is 0 Å². The SMILES string of the molecule is CC(C=Nc1ccccc1)=Nc1ccccc1.Cc1cccc([O-])c1[O-].[Ni+2]. The summed E-state index contributed by atoms with van der Waals surface area (Å²) in [5.41, 5.74) is 3.29. The van der Waals surface area contributed by atoms with E-state index in [4.69, 9.17) is 0 Å². The molecule has 0 aliphatic heterocycles. The summed E-state index contributed by atoms with van der Waals surface area (Å²) in [6.07, 6.45) is 1.78. The van der Waals surface area contributed by atoms with Crippen molar-refractivity contribution in [2.24, 2.45) is 9.98 Å². The van der Waals surface area contributed by atoms with Crippen molar-refractivity contribution in [1.29, 1.82) is 0 Å². The van der Waals surface area contributed by atoms with Gasteiger partial charge in [0, 0.05) is 6.21 Å². The Balaban J connectivity index is 0.000000310.